The zero-order chi connectivity index (χ0) is 12.5. The summed E-state index contributed by atoms with van der Waals surface area (Å²) in [4.78, 5) is 0. The summed E-state index contributed by atoms with van der Waals surface area (Å²) in [5.41, 5.74) is 6.28. The van der Waals surface area contributed by atoms with Gasteiger partial charge in [0, 0.05) is 18.2 Å². The summed E-state index contributed by atoms with van der Waals surface area (Å²) in [7, 11) is -3.20. The van der Waals surface area contributed by atoms with Gasteiger partial charge in [0.15, 0.2) is 9.84 Å². The molecule has 4 nitrogen and oxygen atoms in total. The molecule has 94 valence electrons. The van der Waals surface area contributed by atoms with Crippen molar-refractivity contribution in [1.29, 1.82) is 0 Å². The summed E-state index contributed by atoms with van der Waals surface area (Å²) in [6, 6.07) is 6.08. The van der Waals surface area contributed by atoms with Crippen molar-refractivity contribution in [1.82, 2.24) is 10.9 Å². The van der Waals surface area contributed by atoms with Crippen molar-refractivity contribution in [3.63, 3.8) is 0 Å². The fraction of sp³-hybridized carbons (Fsp3) is 0.455. The van der Waals surface area contributed by atoms with Crippen molar-refractivity contribution in [3.05, 3.63) is 35.6 Å². The SMILES string of the molecule is CCS(=O)(=O)C1NNCC1c1cccc(F)c1. The Labute approximate surface area is 100 Å². The first-order valence-electron chi connectivity index (χ1n) is 5.50. The molecule has 6 heteroatoms. The number of halogens is 1. The molecule has 17 heavy (non-hydrogen) atoms. The van der Waals surface area contributed by atoms with Gasteiger partial charge in [-0.25, -0.2) is 18.2 Å². The Hall–Kier alpha value is -0.980. The molecule has 1 aromatic carbocycles. The Morgan fingerprint density at radius 1 is 1.47 bits per heavy atom. The van der Waals surface area contributed by atoms with Gasteiger partial charge in [0.2, 0.25) is 0 Å². The quantitative estimate of drug-likeness (QED) is 0.841. The lowest BCUT2D eigenvalue weighted by Gasteiger charge is -2.18. The van der Waals surface area contributed by atoms with E-state index in [1.165, 1.54) is 12.1 Å². The molecule has 0 saturated carbocycles. The maximum absolute atomic E-state index is 13.1. The van der Waals surface area contributed by atoms with Gasteiger partial charge in [0.25, 0.3) is 0 Å². The second kappa shape index (κ2) is 4.72. The van der Waals surface area contributed by atoms with Gasteiger partial charge < -0.3 is 0 Å². The van der Waals surface area contributed by atoms with Gasteiger partial charge in [-0.3, -0.25) is 5.43 Å². The minimum absolute atomic E-state index is 0.0676. The normalized spacial score (nSPS) is 25.1. The van der Waals surface area contributed by atoms with E-state index in [0.717, 1.165) is 0 Å². The maximum atomic E-state index is 13.1. The molecule has 1 fully saturated rings. The van der Waals surface area contributed by atoms with Gasteiger partial charge in [-0.15, -0.1) is 0 Å². The molecule has 2 N–H and O–H groups in total. The van der Waals surface area contributed by atoms with Crippen LogP contribution in [0.5, 0.6) is 0 Å². The van der Waals surface area contributed by atoms with Crippen LogP contribution in [0.2, 0.25) is 0 Å². The third kappa shape index (κ3) is 2.48. The first-order chi connectivity index (χ1) is 8.04. The number of nitrogens with one attached hydrogen (secondary N) is 2. The van der Waals surface area contributed by atoms with Gasteiger partial charge in [0.1, 0.15) is 11.2 Å². The van der Waals surface area contributed by atoms with Crippen LogP contribution in [0.4, 0.5) is 4.39 Å². The second-order valence-electron chi connectivity index (χ2n) is 4.06. The van der Waals surface area contributed by atoms with E-state index in [2.05, 4.69) is 10.9 Å². The molecular weight excluding hydrogens is 243 g/mol. The number of sulfone groups is 1. The van der Waals surface area contributed by atoms with Crippen LogP contribution in [0.15, 0.2) is 24.3 Å². The van der Waals surface area contributed by atoms with Gasteiger partial charge in [-0.1, -0.05) is 19.1 Å². The zero-order valence-corrected chi connectivity index (χ0v) is 10.3. The predicted octanol–water partition coefficient (Wildman–Crippen LogP) is 0.778. The highest BCUT2D eigenvalue weighted by Gasteiger charge is 2.37. The van der Waals surface area contributed by atoms with E-state index >= 15 is 0 Å². The van der Waals surface area contributed by atoms with E-state index in [1.807, 2.05) is 0 Å². The highest BCUT2D eigenvalue weighted by molar-refractivity contribution is 7.92. The number of hydrazine groups is 1. The Morgan fingerprint density at radius 2 is 2.24 bits per heavy atom. The largest absolute Gasteiger partial charge is 0.256 e. The van der Waals surface area contributed by atoms with Crippen LogP contribution in [-0.4, -0.2) is 26.1 Å². The molecule has 2 unspecified atom stereocenters. The first-order valence-corrected chi connectivity index (χ1v) is 7.21. The van der Waals surface area contributed by atoms with Crippen LogP contribution in [0, 0.1) is 5.82 Å². The van der Waals surface area contributed by atoms with Crippen molar-refractivity contribution < 1.29 is 12.8 Å². The Balaban J connectivity index is 2.32. The molecule has 2 rings (SSSR count). The average molecular weight is 258 g/mol. The lowest BCUT2D eigenvalue weighted by Crippen LogP contribution is -2.39. The van der Waals surface area contributed by atoms with Crippen molar-refractivity contribution >= 4 is 9.84 Å². The van der Waals surface area contributed by atoms with Crippen molar-refractivity contribution in [2.45, 2.75) is 18.2 Å². The lowest BCUT2D eigenvalue weighted by atomic mass is 10.0. The van der Waals surface area contributed by atoms with Crippen LogP contribution >= 0.6 is 0 Å². The van der Waals surface area contributed by atoms with Crippen molar-refractivity contribution in [2.24, 2.45) is 0 Å². The van der Waals surface area contributed by atoms with Crippen molar-refractivity contribution in [3.8, 4) is 0 Å². The monoisotopic (exact) mass is 258 g/mol. The third-order valence-corrected chi connectivity index (χ3v) is 5.02. The number of hydrogen-bond acceptors (Lipinski definition) is 4. The Morgan fingerprint density at radius 3 is 2.88 bits per heavy atom. The fourth-order valence-electron chi connectivity index (χ4n) is 2.03. The second-order valence-corrected chi connectivity index (χ2v) is 6.47. The van der Waals surface area contributed by atoms with Crippen molar-refractivity contribution in [2.75, 3.05) is 12.3 Å². The molecule has 1 aliphatic heterocycles. The predicted molar refractivity (Wildman–Crippen MR) is 63.5 cm³/mol. The van der Waals surface area contributed by atoms with E-state index in [0.29, 0.717) is 12.1 Å². The van der Waals surface area contributed by atoms with E-state index in [9.17, 15) is 12.8 Å². The molecule has 0 amide bonds. The van der Waals surface area contributed by atoms with Gasteiger partial charge in [0.05, 0.1) is 0 Å². The summed E-state index contributed by atoms with van der Waals surface area (Å²) in [5.74, 6) is -0.532. The third-order valence-electron chi connectivity index (χ3n) is 3.00. The number of rotatable bonds is 3. The molecule has 1 aliphatic rings. The Bertz CT molecular complexity index is 504. The highest BCUT2D eigenvalue weighted by atomic mass is 32.2. The zero-order valence-electron chi connectivity index (χ0n) is 9.48. The molecule has 0 radical (unpaired) electrons. The minimum Gasteiger partial charge on any atom is -0.256 e. The molecule has 1 heterocycles. The van der Waals surface area contributed by atoms with Crippen LogP contribution in [-0.2, 0) is 9.84 Å². The summed E-state index contributed by atoms with van der Waals surface area (Å²) in [6.07, 6.45) is 0. The highest BCUT2D eigenvalue weighted by Crippen LogP contribution is 2.26. The van der Waals surface area contributed by atoms with E-state index in [4.69, 9.17) is 0 Å². The van der Waals surface area contributed by atoms with Crippen LogP contribution in [0.25, 0.3) is 0 Å². The van der Waals surface area contributed by atoms with Crippen LogP contribution < -0.4 is 10.9 Å². The molecule has 1 aromatic rings. The summed E-state index contributed by atoms with van der Waals surface area (Å²) < 4.78 is 36.9. The summed E-state index contributed by atoms with van der Waals surface area (Å²) in [5, 5.41) is -0.686. The van der Waals surface area contributed by atoms with E-state index in [-0.39, 0.29) is 17.5 Å². The smallest absolute Gasteiger partial charge is 0.167 e. The molecule has 2 atom stereocenters. The topological polar surface area (TPSA) is 58.2 Å². The molecule has 0 aliphatic carbocycles. The molecule has 0 aromatic heterocycles. The molecular formula is C11H15FN2O2S. The van der Waals surface area contributed by atoms with Gasteiger partial charge >= 0.3 is 0 Å². The molecule has 0 bridgehead atoms. The van der Waals surface area contributed by atoms with Gasteiger partial charge in [-0.05, 0) is 17.7 Å². The van der Waals surface area contributed by atoms with Crippen LogP contribution in [0.1, 0.15) is 18.4 Å². The standard InChI is InChI=1S/C11H15FN2O2S/c1-2-17(15,16)11-10(7-13-14-11)8-4-3-5-9(12)6-8/h3-6,10-11,13-14H,2,7H2,1H3. The first kappa shape index (κ1) is 12.5. The van der Waals surface area contributed by atoms with Gasteiger partial charge in [-0.2, -0.15) is 0 Å². The fourth-order valence-corrected chi connectivity index (χ4v) is 3.40. The minimum atomic E-state index is -3.20. The number of hydrogen-bond donors (Lipinski definition) is 2. The molecule has 0 spiro atoms. The summed E-state index contributed by atoms with van der Waals surface area (Å²) in [6.45, 7) is 2.09. The van der Waals surface area contributed by atoms with E-state index in [1.54, 1.807) is 19.1 Å². The molecule has 1 saturated heterocycles. The lowest BCUT2D eigenvalue weighted by molar-refractivity contribution is 0.552. The summed E-state index contributed by atoms with van der Waals surface area (Å²) >= 11 is 0. The number of benzene rings is 1. The average Bonchev–Trinajstić information content (AvgIpc) is 2.78. The van der Waals surface area contributed by atoms with Crippen LogP contribution in [0.3, 0.4) is 0 Å². The Kier molecular flexibility index (Phi) is 3.46. The van der Waals surface area contributed by atoms with E-state index < -0.39 is 15.2 Å². The maximum Gasteiger partial charge on any atom is 0.167 e.